The molecule has 3 N–H and O–H groups in total. The van der Waals surface area contributed by atoms with E-state index < -0.39 is 0 Å². The van der Waals surface area contributed by atoms with Crippen LogP contribution in [0.4, 0.5) is 0 Å². The molecule has 1 heterocycles. The zero-order valence-corrected chi connectivity index (χ0v) is 10.8. The standard InChI is InChI=1S/C13H24N2O2/c1-13(2)6-3-7-14-11(13)12(17)15-8-10(16)9-4-5-9/h9-11,14,16H,3-8H2,1-2H3,(H,15,17). The van der Waals surface area contributed by atoms with Crippen LogP contribution < -0.4 is 10.6 Å². The fraction of sp³-hybridized carbons (Fsp3) is 0.923. The van der Waals surface area contributed by atoms with E-state index in [1.54, 1.807) is 0 Å². The number of amides is 1. The van der Waals surface area contributed by atoms with Crippen molar-refractivity contribution in [3.63, 3.8) is 0 Å². The number of aliphatic hydroxyl groups is 1. The summed E-state index contributed by atoms with van der Waals surface area (Å²) in [7, 11) is 0. The van der Waals surface area contributed by atoms with Crippen molar-refractivity contribution < 1.29 is 9.90 Å². The van der Waals surface area contributed by atoms with Gasteiger partial charge in [-0.2, -0.15) is 0 Å². The van der Waals surface area contributed by atoms with Crippen LogP contribution in [0, 0.1) is 11.3 Å². The van der Waals surface area contributed by atoms with Crippen LogP contribution in [0.5, 0.6) is 0 Å². The minimum atomic E-state index is -0.356. The van der Waals surface area contributed by atoms with E-state index in [-0.39, 0.29) is 23.5 Å². The molecule has 0 aromatic rings. The Balaban J connectivity index is 1.81. The third-order valence-electron chi connectivity index (χ3n) is 4.04. The minimum absolute atomic E-state index is 0.00681. The Kier molecular flexibility index (Phi) is 3.73. The third-order valence-corrected chi connectivity index (χ3v) is 4.04. The van der Waals surface area contributed by atoms with Gasteiger partial charge in [0.2, 0.25) is 5.91 Å². The second kappa shape index (κ2) is 4.94. The van der Waals surface area contributed by atoms with Gasteiger partial charge in [-0.15, -0.1) is 0 Å². The van der Waals surface area contributed by atoms with Crippen LogP contribution in [-0.4, -0.2) is 36.2 Å². The fourth-order valence-corrected chi connectivity index (χ4v) is 2.61. The van der Waals surface area contributed by atoms with Gasteiger partial charge in [0.15, 0.2) is 0 Å². The van der Waals surface area contributed by atoms with Crippen molar-refractivity contribution in [1.82, 2.24) is 10.6 Å². The Hall–Kier alpha value is -0.610. The maximum absolute atomic E-state index is 12.1. The van der Waals surface area contributed by atoms with E-state index in [0.717, 1.165) is 32.2 Å². The van der Waals surface area contributed by atoms with Crippen molar-refractivity contribution in [3.05, 3.63) is 0 Å². The average Bonchev–Trinajstić information content (AvgIpc) is 3.08. The predicted molar refractivity (Wildman–Crippen MR) is 66.5 cm³/mol. The number of nitrogens with one attached hydrogen (secondary N) is 2. The van der Waals surface area contributed by atoms with Crippen molar-refractivity contribution in [3.8, 4) is 0 Å². The molecule has 1 saturated heterocycles. The lowest BCUT2D eigenvalue weighted by Crippen LogP contribution is -2.56. The quantitative estimate of drug-likeness (QED) is 0.676. The van der Waals surface area contributed by atoms with E-state index in [1.807, 2.05) is 0 Å². The molecule has 1 aliphatic carbocycles. The molecule has 2 unspecified atom stereocenters. The molecule has 4 nitrogen and oxygen atoms in total. The summed E-state index contributed by atoms with van der Waals surface area (Å²) in [5.41, 5.74) is 0.00681. The van der Waals surface area contributed by atoms with Gasteiger partial charge in [-0.25, -0.2) is 0 Å². The summed E-state index contributed by atoms with van der Waals surface area (Å²) in [6.07, 6.45) is 4.05. The number of aliphatic hydroxyl groups excluding tert-OH is 1. The molecule has 2 fully saturated rings. The molecule has 1 aliphatic heterocycles. The lowest BCUT2D eigenvalue weighted by atomic mass is 9.77. The van der Waals surface area contributed by atoms with Gasteiger partial charge in [0.1, 0.15) is 0 Å². The number of rotatable bonds is 4. The smallest absolute Gasteiger partial charge is 0.237 e. The lowest BCUT2D eigenvalue weighted by Gasteiger charge is -2.38. The Morgan fingerprint density at radius 3 is 2.82 bits per heavy atom. The minimum Gasteiger partial charge on any atom is -0.391 e. The molecule has 98 valence electrons. The molecule has 17 heavy (non-hydrogen) atoms. The van der Waals surface area contributed by atoms with Gasteiger partial charge in [-0.05, 0) is 43.6 Å². The van der Waals surface area contributed by atoms with E-state index in [1.165, 1.54) is 0 Å². The van der Waals surface area contributed by atoms with Crippen molar-refractivity contribution in [1.29, 1.82) is 0 Å². The molecule has 0 bridgehead atoms. The highest BCUT2D eigenvalue weighted by atomic mass is 16.3. The van der Waals surface area contributed by atoms with Crippen LogP contribution in [0.3, 0.4) is 0 Å². The summed E-state index contributed by atoms with van der Waals surface area (Å²) < 4.78 is 0. The molecule has 4 heteroatoms. The van der Waals surface area contributed by atoms with Gasteiger partial charge in [-0.3, -0.25) is 4.79 Å². The molecule has 0 aromatic carbocycles. The maximum atomic E-state index is 12.1. The summed E-state index contributed by atoms with van der Waals surface area (Å²) >= 11 is 0. The van der Waals surface area contributed by atoms with Crippen LogP contribution in [0.1, 0.15) is 39.5 Å². The molecular weight excluding hydrogens is 216 g/mol. The van der Waals surface area contributed by atoms with Gasteiger partial charge in [0.25, 0.3) is 0 Å². The highest BCUT2D eigenvalue weighted by Crippen LogP contribution is 2.32. The van der Waals surface area contributed by atoms with Gasteiger partial charge in [-0.1, -0.05) is 13.8 Å². The second-order valence-electron chi connectivity index (χ2n) is 6.13. The van der Waals surface area contributed by atoms with Gasteiger partial charge in [0.05, 0.1) is 12.1 Å². The molecule has 0 aromatic heterocycles. The molecule has 1 saturated carbocycles. The first-order valence-corrected chi connectivity index (χ1v) is 6.70. The molecule has 2 atom stereocenters. The topological polar surface area (TPSA) is 61.4 Å². The summed E-state index contributed by atoms with van der Waals surface area (Å²) in [5, 5.41) is 15.9. The van der Waals surface area contributed by atoms with E-state index >= 15 is 0 Å². The van der Waals surface area contributed by atoms with Crippen molar-refractivity contribution >= 4 is 5.91 Å². The monoisotopic (exact) mass is 240 g/mol. The van der Waals surface area contributed by atoms with Crippen molar-refractivity contribution in [2.24, 2.45) is 11.3 Å². The molecule has 2 aliphatic rings. The van der Waals surface area contributed by atoms with Crippen molar-refractivity contribution in [2.75, 3.05) is 13.1 Å². The zero-order valence-electron chi connectivity index (χ0n) is 10.8. The number of carbonyl (C=O) groups excluding carboxylic acids is 1. The molecule has 0 radical (unpaired) electrons. The van der Waals surface area contributed by atoms with Gasteiger partial charge >= 0.3 is 0 Å². The number of hydrogen-bond donors (Lipinski definition) is 3. The average molecular weight is 240 g/mol. The van der Waals surface area contributed by atoms with Crippen molar-refractivity contribution in [2.45, 2.75) is 51.7 Å². The first-order valence-electron chi connectivity index (χ1n) is 6.70. The van der Waals surface area contributed by atoms with Crippen LogP contribution >= 0.6 is 0 Å². The van der Waals surface area contributed by atoms with Gasteiger partial charge in [0, 0.05) is 6.54 Å². The highest BCUT2D eigenvalue weighted by Gasteiger charge is 2.37. The van der Waals surface area contributed by atoms with Crippen LogP contribution in [0.2, 0.25) is 0 Å². The van der Waals surface area contributed by atoms with E-state index in [9.17, 15) is 9.90 Å². The molecular formula is C13H24N2O2. The summed E-state index contributed by atoms with van der Waals surface area (Å²) in [4.78, 5) is 12.1. The number of hydrogen-bond acceptors (Lipinski definition) is 3. The largest absolute Gasteiger partial charge is 0.391 e. The molecule has 2 rings (SSSR count). The van der Waals surface area contributed by atoms with Crippen LogP contribution in [0.25, 0.3) is 0 Å². The normalized spacial score (nSPS) is 29.7. The summed E-state index contributed by atoms with van der Waals surface area (Å²) in [5.74, 6) is 0.456. The number of carbonyl (C=O) groups is 1. The predicted octanol–water partition coefficient (Wildman–Crippen LogP) is 0.652. The van der Waals surface area contributed by atoms with Crippen LogP contribution in [-0.2, 0) is 4.79 Å². The SMILES string of the molecule is CC1(C)CCCNC1C(=O)NCC(O)C1CC1. The van der Waals surface area contributed by atoms with E-state index in [0.29, 0.717) is 12.5 Å². The van der Waals surface area contributed by atoms with Gasteiger partial charge < -0.3 is 15.7 Å². The third kappa shape index (κ3) is 3.19. The van der Waals surface area contributed by atoms with Crippen LogP contribution in [0.15, 0.2) is 0 Å². The zero-order chi connectivity index (χ0) is 12.5. The fourth-order valence-electron chi connectivity index (χ4n) is 2.61. The summed E-state index contributed by atoms with van der Waals surface area (Å²) in [6.45, 7) is 5.56. The molecule has 1 amide bonds. The second-order valence-corrected chi connectivity index (χ2v) is 6.13. The summed E-state index contributed by atoms with van der Waals surface area (Å²) in [6, 6.07) is -0.123. The highest BCUT2D eigenvalue weighted by molar-refractivity contribution is 5.82. The maximum Gasteiger partial charge on any atom is 0.237 e. The lowest BCUT2D eigenvalue weighted by molar-refractivity contribution is -0.127. The van der Waals surface area contributed by atoms with E-state index in [2.05, 4.69) is 24.5 Å². The Morgan fingerprint density at radius 2 is 2.24 bits per heavy atom. The Bertz CT molecular complexity index is 287. The Morgan fingerprint density at radius 1 is 1.53 bits per heavy atom. The first kappa shape index (κ1) is 12.8. The van der Waals surface area contributed by atoms with E-state index in [4.69, 9.17) is 0 Å². The Labute approximate surface area is 103 Å². The first-order chi connectivity index (χ1) is 8.00. The number of piperidine rings is 1. The molecule has 0 spiro atoms.